The topological polar surface area (TPSA) is 383 Å². The van der Waals surface area contributed by atoms with Gasteiger partial charge in [0.05, 0.1) is 86.9 Å². The maximum atomic E-state index is 12.7. The highest BCUT2D eigenvalue weighted by Gasteiger charge is 2.25. The van der Waals surface area contributed by atoms with Gasteiger partial charge < -0.3 is 31.9 Å². The first-order valence-electron chi connectivity index (χ1n) is 36.8. The number of thiazole rings is 4. The van der Waals surface area contributed by atoms with Crippen molar-refractivity contribution in [2.75, 3.05) is 4.72 Å². The van der Waals surface area contributed by atoms with Crippen molar-refractivity contribution in [1.29, 1.82) is 0 Å². The lowest BCUT2D eigenvalue weighted by molar-refractivity contribution is -0.385. The fourth-order valence-corrected chi connectivity index (χ4v) is 19.3. The molecule has 0 saturated carbocycles. The molecule has 618 valence electrons. The second-order valence-corrected chi connectivity index (χ2v) is 35.2. The summed E-state index contributed by atoms with van der Waals surface area (Å²) in [5.74, 6) is 0. The van der Waals surface area contributed by atoms with Gasteiger partial charge in [0.1, 0.15) is 20.0 Å². The average Bonchev–Trinajstić information content (AvgIpc) is 1.72. The quantitative estimate of drug-likeness (QED) is 0.00843. The Hall–Kier alpha value is -12.0. The first kappa shape index (κ1) is 88.3. The summed E-state index contributed by atoms with van der Waals surface area (Å²) in [5.41, 5.74) is 10.2. The number of hydrogen-bond donors (Lipinski definition) is 9. The van der Waals surface area contributed by atoms with E-state index in [1.807, 2.05) is 181 Å². The number of amides is 6. The number of benzene rings is 7. The summed E-state index contributed by atoms with van der Waals surface area (Å²) in [7, 11) is -4.34. The highest BCUT2D eigenvalue weighted by molar-refractivity contribution is 9.08. The lowest BCUT2D eigenvalue weighted by Crippen LogP contribution is -2.38. The number of anilines is 1. The van der Waals surface area contributed by atoms with Gasteiger partial charge in [-0.15, -0.1) is 90.7 Å². The van der Waals surface area contributed by atoms with E-state index in [2.05, 4.69) is 58.5 Å². The van der Waals surface area contributed by atoms with E-state index in [1.165, 1.54) is 70.4 Å². The van der Waals surface area contributed by atoms with Crippen LogP contribution in [0.4, 0.5) is 37.1 Å². The Balaban J connectivity index is 0.000000149. The summed E-state index contributed by atoms with van der Waals surface area (Å²) in [5, 5.41) is 69.8. The van der Waals surface area contributed by atoms with E-state index in [0.29, 0.717) is 45.3 Å². The minimum absolute atomic E-state index is 0.00131. The van der Waals surface area contributed by atoms with Gasteiger partial charge >= 0.3 is 28.4 Å². The molecule has 0 saturated heterocycles. The number of carbonyl (C=O) groups is 3. The summed E-state index contributed by atoms with van der Waals surface area (Å²) in [6.45, 7) is 1.22. The lowest BCUT2D eigenvalue weighted by atomic mass is 10.0. The third-order valence-corrected chi connectivity index (χ3v) is 26.4. The fourth-order valence-electron chi connectivity index (χ4n) is 11.8. The Morgan fingerprint density at radius 1 is 0.347 bits per heavy atom. The van der Waals surface area contributed by atoms with E-state index in [4.69, 9.17) is 24.5 Å². The smallest absolute Gasteiger partial charge is 0.334 e. The van der Waals surface area contributed by atoms with Gasteiger partial charge in [0.2, 0.25) is 0 Å². The molecule has 8 aromatic heterocycles. The molecule has 0 radical (unpaired) electrons. The molecule has 8 heterocycles. The molecule has 37 heteroatoms. The molecule has 4 atom stereocenters. The van der Waals surface area contributed by atoms with Gasteiger partial charge in [-0.2, -0.15) is 8.42 Å². The Labute approximate surface area is 735 Å². The molecule has 27 nitrogen and oxygen atoms in total. The number of nitro benzene ring substituents is 3. The number of nitrogens with one attached hydrogen (secondary N) is 8. The minimum atomic E-state index is -4.34. The molecule has 0 bridgehead atoms. The first-order valence-corrected chi connectivity index (χ1v) is 46.1. The van der Waals surface area contributed by atoms with Crippen LogP contribution in [0, 0.1) is 30.3 Å². The third kappa shape index (κ3) is 27.5. The Morgan fingerprint density at radius 3 is 0.843 bits per heavy atom. The number of non-ortho nitro benzene ring substituents is 3. The van der Waals surface area contributed by atoms with Crippen LogP contribution in [0.5, 0.6) is 0 Å². The van der Waals surface area contributed by atoms with Crippen LogP contribution in [0.15, 0.2) is 280 Å². The Morgan fingerprint density at radius 2 is 0.603 bits per heavy atom. The Kier molecular flexibility index (Phi) is 32.4. The number of rotatable bonds is 31. The monoisotopic (exact) mass is 1850 g/mol. The second-order valence-electron chi connectivity index (χ2n) is 26.3. The van der Waals surface area contributed by atoms with Crippen LogP contribution in [0.1, 0.15) is 85.9 Å². The number of carbonyl (C=O) groups excluding carboxylic acids is 3. The van der Waals surface area contributed by atoms with E-state index in [0.717, 1.165) is 101 Å². The summed E-state index contributed by atoms with van der Waals surface area (Å²) >= 11 is 16.0. The molecule has 121 heavy (non-hydrogen) atoms. The molecule has 0 unspecified atom stereocenters. The molecular weight excluding hydrogens is 1780 g/mol. The summed E-state index contributed by atoms with van der Waals surface area (Å²) < 4.78 is 36.1. The van der Waals surface area contributed by atoms with E-state index in [9.17, 15) is 53.1 Å². The number of aromatic nitrogens is 4. The number of nitrogens with zero attached hydrogens (tertiary/aromatic N) is 7. The van der Waals surface area contributed by atoms with E-state index < -0.39 is 31.1 Å². The standard InChI is InChI=1S/C23H22N4O4S3.2C23H20N4O3S2.C15H12BrN3O2S2/c28-23(24-14-17-5-2-1-3-6-17)26-19(20-15-33-22(25-20)21-7-4-12-32-21)13-16-8-10-18(11-9-16)27-34(29,30)31;2*28-23(24-14-17-5-2-1-3-6-17)26-19(13-16-8-10-18(11-9-16)27(29)30)20-15-32-22(25-20)21-7-4-12-31-21;16-18-12(8-10-3-5-11(6-4-10)19(20)21)13-9-23-15(17-13)14-2-1-7-22-14/h1-12,15,19,27H,13-14H2,(H2,24,26,28)(H,29,30,31);2*1-12,15,19H,13-14H2,(H2,24,26,28);1-7,9,12,18H,8H2/t3*19-;12-/m0000/s1. The first-order chi connectivity index (χ1) is 58.7. The van der Waals surface area contributed by atoms with Crippen molar-refractivity contribution in [3.8, 4) is 39.5 Å². The van der Waals surface area contributed by atoms with Gasteiger partial charge in [-0.25, -0.2) is 38.7 Å². The maximum Gasteiger partial charge on any atom is 0.357 e. The number of halogens is 1. The van der Waals surface area contributed by atoms with Crippen LogP contribution in [0.2, 0.25) is 0 Å². The van der Waals surface area contributed by atoms with Gasteiger partial charge in [-0.3, -0.25) is 39.6 Å². The second kappa shape index (κ2) is 44.4. The zero-order chi connectivity index (χ0) is 84.9. The molecule has 6 amide bonds. The minimum Gasteiger partial charge on any atom is -0.334 e. The summed E-state index contributed by atoms with van der Waals surface area (Å²) in [4.78, 5) is 92.6. The average molecular weight is 1850 g/mol. The normalized spacial score (nSPS) is 11.9. The van der Waals surface area contributed by atoms with Gasteiger partial charge in [-0.1, -0.05) is 164 Å². The number of urea groups is 3. The van der Waals surface area contributed by atoms with Crippen LogP contribution >= 0.6 is 107 Å². The van der Waals surface area contributed by atoms with Crippen molar-refractivity contribution < 1.29 is 42.1 Å². The highest BCUT2D eigenvalue weighted by Crippen LogP contribution is 2.36. The van der Waals surface area contributed by atoms with Gasteiger partial charge in [0.15, 0.2) is 0 Å². The molecule has 15 aromatic rings. The van der Waals surface area contributed by atoms with E-state index in [1.54, 1.807) is 117 Å². The molecule has 7 aromatic carbocycles. The van der Waals surface area contributed by atoms with Crippen LogP contribution in [-0.2, 0) is 55.6 Å². The number of nitro groups is 3. The zero-order valence-electron chi connectivity index (χ0n) is 63.5. The van der Waals surface area contributed by atoms with Crippen molar-refractivity contribution in [3.63, 3.8) is 0 Å². The predicted octanol–water partition coefficient (Wildman–Crippen LogP) is 21.0. The molecule has 15 rings (SSSR count). The lowest BCUT2D eigenvalue weighted by Gasteiger charge is -2.18. The maximum absolute atomic E-state index is 12.7. The molecule has 0 aliphatic rings. The van der Waals surface area contributed by atoms with Crippen molar-refractivity contribution in [1.82, 2.24) is 56.2 Å². The Bertz CT molecular complexity index is 5710. The van der Waals surface area contributed by atoms with Crippen molar-refractivity contribution in [2.45, 2.75) is 69.5 Å². The van der Waals surface area contributed by atoms with Crippen LogP contribution < -0.4 is 41.0 Å². The van der Waals surface area contributed by atoms with Crippen molar-refractivity contribution in [3.05, 3.63) is 372 Å². The summed E-state index contributed by atoms with van der Waals surface area (Å²) in [6.07, 6.45) is 2.06. The molecule has 0 aliphatic heterocycles. The number of hydrogen-bond acceptors (Lipinski definition) is 24. The molecular formula is C84H74BrN15O12S9. The van der Waals surface area contributed by atoms with Crippen LogP contribution in [0.3, 0.4) is 0 Å². The van der Waals surface area contributed by atoms with Crippen LogP contribution in [0.25, 0.3) is 39.5 Å². The number of thiophene rings is 4. The largest absolute Gasteiger partial charge is 0.357 e. The molecule has 0 fully saturated rings. The highest BCUT2D eigenvalue weighted by atomic mass is 79.9. The van der Waals surface area contributed by atoms with Gasteiger partial charge in [0.25, 0.3) is 17.1 Å². The van der Waals surface area contributed by atoms with E-state index >= 15 is 0 Å². The zero-order valence-corrected chi connectivity index (χ0v) is 72.4. The molecule has 0 aliphatic carbocycles. The fraction of sp³-hybridized carbons (Fsp3) is 0.131. The van der Waals surface area contributed by atoms with Gasteiger partial charge in [-0.05, 0) is 123 Å². The van der Waals surface area contributed by atoms with Gasteiger partial charge in [0, 0.05) is 93.7 Å². The molecule has 9 N–H and O–H groups in total. The van der Waals surface area contributed by atoms with E-state index in [-0.39, 0.29) is 59.0 Å². The molecule has 0 spiro atoms. The predicted molar refractivity (Wildman–Crippen MR) is 486 cm³/mol. The third-order valence-electron chi connectivity index (χ3n) is 17.8. The van der Waals surface area contributed by atoms with Crippen LogP contribution in [-0.4, -0.2) is 65.8 Å². The summed E-state index contributed by atoms with van der Waals surface area (Å²) in [6, 6.07) is 68.8. The SMILES string of the molecule is O=C(NCc1ccccc1)N[C@@H](Cc1ccc(NS(=O)(=O)O)cc1)c1csc(-c2cccs2)n1.O=C(NCc1ccccc1)N[C@@H](Cc1ccc([N+](=O)[O-])cc1)c1csc(-c2cccs2)n1.O=C(NCc1ccccc1)N[C@@H](Cc1ccc([N+](=O)[O-])cc1)c1csc(-c2cccs2)n1.O=[N+]([O-])c1ccc(C[C@H](NBr)c2csc(-c3cccs3)n2)cc1. The van der Waals surface area contributed by atoms with Crippen molar-refractivity contribution >= 4 is 158 Å². The van der Waals surface area contributed by atoms with Crippen molar-refractivity contribution in [2.24, 2.45) is 0 Å².